The maximum Gasteiger partial charge on any atom is 0.160 e. The summed E-state index contributed by atoms with van der Waals surface area (Å²) in [4.78, 5) is 16.0. The molecule has 0 N–H and O–H groups in total. The SMILES string of the molecule is CCc1nc2ccccc2n1-c1cc(-c2nc(-c3cccc4ccccc34)cc(-c3cccc4ccccc34)n2)cc(-c2cc3ccccc3c3ccccc23)c1. The second-order valence-electron chi connectivity index (χ2n) is 14.7. The summed E-state index contributed by atoms with van der Waals surface area (Å²) < 4.78 is 2.31. The molecule has 0 saturated heterocycles. The van der Waals surface area contributed by atoms with Crippen molar-refractivity contribution in [1.82, 2.24) is 19.5 Å². The van der Waals surface area contributed by atoms with Gasteiger partial charge in [-0.05, 0) is 96.7 Å². The largest absolute Gasteiger partial charge is 0.296 e. The summed E-state index contributed by atoms with van der Waals surface area (Å²) in [5.74, 6) is 1.67. The van der Waals surface area contributed by atoms with Gasteiger partial charge >= 0.3 is 0 Å². The number of benzene rings is 9. The second-order valence-corrected chi connectivity index (χ2v) is 14.7. The van der Waals surface area contributed by atoms with Crippen molar-refractivity contribution in [2.75, 3.05) is 0 Å². The Morgan fingerprint density at radius 1 is 0.404 bits per heavy atom. The van der Waals surface area contributed by atoms with E-state index in [0.717, 1.165) is 78.9 Å². The first-order chi connectivity index (χ1) is 28.2. The van der Waals surface area contributed by atoms with Gasteiger partial charge in [0.25, 0.3) is 0 Å². The van der Waals surface area contributed by atoms with Crippen LogP contribution in [0.4, 0.5) is 0 Å². The summed E-state index contributed by atoms with van der Waals surface area (Å²) in [6, 6.07) is 67.2. The molecule has 0 amide bonds. The molecule has 11 aromatic rings. The molecule has 4 heteroatoms. The van der Waals surface area contributed by atoms with E-state index in [1.165, 1.54) is 32.3 Å². The average Bonchev–Trinajstić information content (AvgIpc) is 3.67. The Morgan fingerprint density at radius 2 is 0.947 bits per heavy atom. The molecule has 0 aliphatic rings. The Kier molecular flexibility index (Phi) is 7.75. The minimum Gasteiger partial charge on any atom is -0.296 e. The zero-order valence-electron chi connectivity index (χ0n) is 31.4. The van der Waals surface area contributed by atoms with Crippen molar-refractivity contribution in [3.8, 4) is 50.7 Å². The molecule has 57 heavy (non-hydrogen) atoms. The highest BCUT2D eigenvalue weighted by Crippen LogP contribution is 2.40. The molecule has 268 valence electrons. The molecular weight excluding hydrogens is 693 g/mol. The fraction of sp³-hybridized carbons (Fsp3) is 0.0377. The molecule has 11 rings (SSSR count). The molecule has 0 radical (unpaired) electrons. The zero-order chi connectivity index (χ0) is 37.9. The molecule has 0 aliphatic carbocycles. The maximum atomic E-state index is 5.47. The van der Waals surface area contributed by atoms with Crippen LogP contribution in [0, 0.1) is 0 Å². The summed E-state index contributed by atoms with van der Waals surface area (Å²) >= 11 is 0. The Labute approximate surface area is 330 Å². The Bertz CT molecular complexity index is 3250. The lowest BCUT2D eigenvalue weighted by molar-refractivity contribution is 0.908. The predicted molar refractivity (Wildman–Crippen MR) is 238 cm³/mol. The van der Waals surface area contributed by atoms with E-state index in [4.69, 9.17) is 15.0 Å². The highest BCUT2D eigenvalue weighted by Gasteiger charge is 2.19. The van der Waals surface area contributed by atoms with Crippen molar-refractivity contribution in [3.63, 3.8) is 0 Å². The average molecular weight is 729 g/mol. The van der Waals surface area contributed by atoms with Gasteiger partial charge in [-0.25, -0.2) is 15.0 Å². The number of rotatable bonds is 6. The van der Waals surface area contributed by atoms with Crippen molar-refractivity contribution in [3.05, 3.63) is 194 Å². The van der Waals surface area contributed by atoms with E-state index in [9.17, 15) is 0 Å². The van der Waals surface area contributed by atoms with Gasteiger partial charge < -0.3 is 0 Å². The van der Waals surface area contributed by atoms with Crippen LogP contribution in [0.5, 0.6) is 0 Å². The molecule has 2 aromatic heterocycles. The lowest BCUT2D eigenvalue weighted by Gasteiger charge is -2.17. The van der Waals surface area contributed by atoms with E-state index in [2.05, 4.69) is 200 Å². The smallest absolute Gasteiger partial charge is 0.160 e. The zero-order valence-corrected chi connectivity index (χ0v) is 31.4. The Hall–Kier alpha value is -7.43. The lowest BCUT2D eigenvalue weighted by atomic mass is 9.92. The number of para-hydroxylation sites is 2. The Morgan fingerprint density at radius 3 is 1.63 bits per heavy atom. The summed E-state index contributed by atoms with van der Waals surface area (Å²) in [6.07, 6.45) is 0.783. The normalized spacial score (nSPS) is 11.7. The predicted octanol–water partition coefficient (Wildman–Crippen LogP) is 13.7. The quantitative estimate of drug-likeness (QED) is 0.160. The first-order valence-corrected chi connectivity index (χ1v) is 19.6. The number of hydrogen-bond acceptors (Lipinski definition) is 3. The highest BCUT2D eigenvalue weighted by atomic mass is 15.1. The number of fused-ring (bicyclic) bond motifs is 6. The fourth-order valence-electron chi connectivity index (χ4n) is 8.67. The topological polar surface area (TPSA) is 43.6 Å². The van der Waals surface area contributed by atoms with E-state index < -0.39 is 0 Å². The van der Waals surface area contributed by atoms with Crippen LogP contribution >= 0.6 is 0 Å². The summed E-state index contributed by atoms with van der Waals surface area (Å²) in [5.41, 5.74) is 10.2. The lowest BCUT2D eigenvalue weighted by Crippen LogP contribution is -2.02. The first-order valence-electron chi connectivity index (χ1n) is 19.6. The third-order valence-corrected chi connectivity index (χ3v) is 11.3. The van der Waals surface area contributed by atoms with Crippen LogP contribution in [0.25, 0.3) is 105 Å². The van der Waals surface area contributed by atoms with E-state index >= 15 is 0 Å². The van der Waals surface area contributed by atoms with Crippen LogP contribution < -0.4 is 0 Å². The minimum absolute atomic E-state index is 0.666. The van der Waals surface area contributed by atoms with Gasteiger partial charge in [0.05, 0.1) is 22.4 Å². The van der Waals surface area contributed by atoms with E-state index in [0.29, 0.717) is 5.82 Å². The summed E-state index contributed by atoms with van der Waals surface area (Å²) in [6.45, 7) is 2.17. The summed E-state index contributed by atoms with van der Waals surface area (Å²) in [5, 5.41) is 9.54. The number of imidazole rings is 1. The van der Waals surface area contributed by atoms with Crippen LogP contribution in [0.3, 0.4) is 0 Å². The molecule has 0 spiro atoms. The van der Waals surface area contributed by atoms with Crippen LogP contribution in [-0.2, 0) is 6.42 Å². The van der Waals surface area contributed by atoms with E-state index in [1.807, 2.05) is 0 Å². The van der Waals surface area contributed by atoms with Crippen molar-refractivity contribution in [2.45, 2.75) is 13.3 Å². The van der Waals surface area contributed by atoms with Crippen molar-refractivity contribution < 1.29 is 0 Å². The molecule has 2 heterocycles. The summed E-state index contributed by atoms with van der Waals surface area (Å²) in [7, 11) is 0. The van der Waals surface area contributed by atoms with E-state index in [-0.39, 0.29) is 0 Å². The van der Waals surface area contributed by atoms with Crippen LogP contribution in [0.1, 0.15) is 12.7 Å². The highest BCUT2D eigenvalue weighted by molar-refractivity contribution is 6.14. The van der Waals surface area contributed by atoms with Gasteiger partial charge in [0.2, 0.25) is 0 Å². The molecule has 4 nitrogen and oxygen atoms in total. The molecule has 0 aliphatic heterocycles. The monoisotopic (exact) mass is 728 g/mol. The van der Waals surface area contributed by atoms with Gasteiger partial charge in [-0.1, -0.05) is 153 Å². The van der Waals surface area contributed by atoms with Crippen LogP contribution in [0.15, 0.2) is 188 Å². The van der Waals surface area contributed by atoms with Gasteiger partial charge in [0.15, 0.2) is 5.82 Å². The van der Waals surface area contributed by atoms with Gasteiger partial charge in [-0.3, -0.25) is 4.57 Å². The second kappa shape index (κ2) is 13.4. The molecular formula is C53H36N4. The van der Waals surface area contributed by atoms with Gasteiger partial charge in [0, 0.05) is 28.8 Å². The fourth-order valence-corrected chi connectivity index (χ4v) is 8.67. The number of hydrogen-bond donors (Lipinski definition) is 0. The molecule has 0 atom stereocenters. The van der Waals surface area contributed by atoms with Crippen molar-refractivity contribution in [1.29, 1.82) is 0 Å². The van der Waals surface area contributed by atoms with Crippen LogP contribution in [-0.4, -0.2) is 19.5 Å². The molecule has 0 bridgehead atoms. The van der Waals surface area contributed by atoms with Gasteiger partial charge in [0.1, 0.15) is 5.82 Å². The number of aromatic nitrogens is 4. The third-order valence-electron chi connectivity index (χ3n) is 11.3. The minimum atomic E-state index is 0.666. The number of nitrogens with zero attached hydrogens (tertiary/aromatic N) is 4. The van der Waals surface area contributed by atoms with Gasteiger partial charge in [-0.2, -0.15) is 0 Å². The van der Waals surface area contributed by atoms with Crippen molar-refractivity contribution >= 4 is 54.1 Å². The molecule has 9 aromatic carbocycles. The van der Waals surface area contributed by atoms with Gasteiger partial charge in [-0.15, -0.1) is 0 Å². The molecule has 0 unspecified atom stereocenters. The molecule has 0 saturated carbocycles. The van der Waals surface area contributed by atoms with E-state index in [1.54, 1.807) is 0 Å². The number of aryl methyl sites for hydroxylation is 1. The third kappa shape index (κ3) is 5.57. The molecule has 0 fully saturated rings. The van der Waals surface area contributed by atoms with Crippen LogP contribution in [0.2, 0.25) is 0 Å². The first kappa shape index (κ1) is 33.0. The Balaban J connectivity index is 1.24. The maximum absolute atomic E-state index is 5.47. The standard InChI is InChI=1S/C53H36N4/c1-2-52-54-48-27-11-12-28-51(48)57(52)39-30-37(47-32-36-17-5-8-22-42(36)43-23-9-10-24-44(43)47)29-38(31-39)53-55-49(45-25-13-18-34-15-3-6-20-40(34)45)33-50(56-53)46-26-14-19-35-16-4-7-21-41(35)46/h3-33H,2H2,1H3. The van der Waals surface area contributed by atoms with Crippen molar-refractivity contribution in [2.24, 2.45) is 0 Å².